The summed E-state index contributed by atoms with van der Waals surface area (Å²) in [6.07, 6.45) is 0.867. The van der Waals surface area contributed by atoms with Crippen LogP contribution in [0.5, 0.6) is 0 Å². The third-order valence-electron chi connectivity index (χ3n) is 3.54. The van der Waals surface area contributed by atoms with E-state index < -0.39 is 0 Å². The molecule has 3 nitrogen and oxygen atoms in total. The fourth-order valence-electron chi connectivity index (χ4n) is 2.32. The summed E-state index contributed by atoms with van der Waals surface area (Å²) >= 11 is 1.69. The molecule has 3 rings (SSSR count). The number of hydrogen-bond acceptors (Lipinski definition) is 3. The maximum atomic E-state index is 10.9. The lowest BCUT2D eigenvalue weighted by Crippen LogP contribution is -2.18. The van der Waals surface area contributed by atoms with Gasteiger partial charge in [0.1, 0.15) is 0 Å². The summed E-state index contributed by atoms with van der Waals surface area (Å²) in [7, 11) is 0. The van der Waals surface area contributed by atoms with Crippen LogP contribution in [0.15, 0.2) is 60.0 Å². The smallest absolute Gasteiger partial charge is 0.217 e. The molecule has 2 aromatic carbocycles. The molecule has 23 heavy (non-hydrogen) atoms. The Morgan fingerprint density at radius 1 is 1.04 bits per heavy atom. The average Bonchev–Trinajstić information content (AvgIpc) is 3.03. The van der Waals surface area contributed by atoms with Gasteiger partial charge in [-0.3, -0.25) is 4.79 Å². The number of amides is 1. The Labute approximate surface area is 140 Å². The van der Waals surface area contributed by atoms with Gasteiger partial charge in [0.15, 0.2) is 0 Å². The molecule has 0 aliphatic heterocycles. The Morgan fingerprint density at radius 3 is 2.48 bits per heavy atom. The molecule has 116 valence electrons. The average molecular weight is 322 g/mol. The van der Waals surface area contributed by atoms with Crippen LogP contribution in [0.25, 0.3) is 11.3 Å². The van der Waals surface area contributed by atoms with Crippen LogP contribution in [0.2, 0.25) is 0 Å². The molecule has 0 saturated heterocycles. The highest BCUT2D eigenvalue weighted by molar-refractivity contribution is 7.10. The molecule has 1 amide bonds. The monoisotopic (exact) mass is 322 g/mol. The minimum absolute atomic E-state index is 0.0147. The topological polar surface area (TPSA) is 42.0 Å². The molecule has 0 aliphatic rings. The highest BCUT2D eigenvalue weighted by atomic mass is 32.1. The number of carbonyl (C=O) groups excluding carboxylic acids is 1. The van der Waals surface area contributed by atoms with Crippen LogP contribution >= 0.6 is 11.3 Å². The van der Waals surface area contributed by atoms with Crippen molar-refractivity contribution in [2.75, 3.05) is 0 Å². The van der Waals surface area contributed by atoms with Gasteiger partial charge in [0.25, 0.3) is 0 Å². The third-order valence-corrected chi connectivity index (χ3v) is 4.39. The van der Waals surface area contributed by atoms with Crippen LogP contribution in [0.3, 0.4) is 0 Å². The number of thiazole rings is 1. The number of nitrogens with zero attached hydrogens (tertiary/aromatic N) is 1. The van der Waals surface area contributed by atoms with E-state index in [4.69, 9.17) is 4.98 Å². The predicted molar refractivity (Wildman–Crippen MR) is 94.3 cm³/mol. The second-order valence-electron chi connectivity index (χ2n) is 5.40. The summed E-state index contributed by atoms with van der Waals surface area (Å²) in [4.78, 5) is 15.7. The Kier molecular flexibility index (Phi) is 4.83. The molecule has 0 unspecified atom stereocenters. The van der Waals surface area contributed by atoms with E-state index in [0.29, 0.717) is 6.54 Å². The second-order valence-corrected chi connectivity index (χ2v) is 6.34. The van der Waals surface area contributed by atoms with Crippen LogP contribution in [0.4, 0.5) is 0 Å². The molecule has 3 aromatic rings. The molecule has 0 fully saturated rings. The molecule has 1 aromatic heterocycles. The van der Waals surface area contributed by atoms with Gasteiger partial charge >= 0.3 is 0 Å². The van der Waals surface area contributed by atoms with Gasteiger partial charge in [0, 0.05) is 30.8 Å². The summed E-state index contributed by atoms with van der Waals surface area (Å²) < 4.78 is 0. The van der Waals surface area contributed by atoms with E-state index in [1.54, 1.807) is 11.3 Å². The largest absolute Gasteiger partial charge is 0.352 e. The minimum atomic E-state index is -0.0147. The molecule has 0 aliphatic carbocycles. The lowest BCUT2D eigenvalue weighted by Gasteiger charge is -2.03. The van der Waals surface area contributed by atoms with Crippen molar-refractivity contribution in [1.82, 2.24) is 10.3 Å². The van der Waals surface area contributed by atoms with Crippen LogP contribution in [-0.2, 0) is 17.8 Å². The fraction of sp³-hybridized carbons (Fsp3) is 0.158. The first-order valence-electron chi connectivity index (χ1n) is 7.53. The SMILES string of the molecule is CC(=O)NCc1ccc(-c2csc(Cc3ccccc3)n2)cc1. The van der Waals surface area contributed by atoms with Crippen molar-refractivity contribution in [3.8, 4) is 11.3 Å². The third kappa shape index (κ3) is 4.27. The molecule has 4 heteroatoms. The highest BCUT2D eigenvalue weighted by Crippen LogP contribution is 2.23. The molecule has 0 spiro atoms. The lowest BCUT2D eigenvalue weighted by molar-refractivity contribution is -0.119. The second kappa shape index (κ2) is 7.20. The molecule has 1 N–H and O–H groups in total. The van der Waals surface area contributed by atoms with E-state index in [1.165, 1.54) is 12.5 Å². The normalized spacial score (nSPS) is 10.5. The van der Waals surface area contributed by atoms with Crippen molar-refractivity contribution in [3.05, 3.63) is 76.1 Å². The summed E-state index contributed by atoms with van der Waals surface area (Å²) in [6.45, 7) is 2.09. The van der Waals surface area contributed by atoms with Crippen LogP contribution < -0.4 is 5.32 Å². The Hall–Kier alpha value is -2.46. The maximum Gasteiger partial charge on any atom is 0.217 e. The first-order valence-corrected chi connectivity index (χ1v) is 8.41. The first kappa shape index (κ1) is 15.4. The van der Waals surface area contributed by atoms with Gasteiger partial charge in [0.2, 0.25) is 5.91 Å². The van der Waals surface area contributed by atoms with Crippen LogP contribution in [0.1, 0.15) is 23.1 Å². The summed E-state index contributed by atoms with van der Waals surface area (Å²) in [6, 6.07) is 18.5. The van der Waals surface area contributed by atoms with Crippen molar-refractivity contribution in [3.63, 3.8) is 0 Å². The number of benzene rings is 2. The summed E-state index contributed by atoms with van der Waals surface area (Å²) in [5.41, 5.74) is 4.47. The Morgan fingerprint density at radius 2 is 1.78 bits per heavy atom. The van der Waals surface area contributed by atoms with E-state index in [-0.39, 0.29) is 5.91 Å². The van der Waals surface area contributed by atoms with E-state index in [0.717, 1.165) is 28.2 Å². The van der Waals surface area contributed by atoms with E-state index >= 15 is 0 Å². The van der Waals surface area contributed by atoms with Gasteiger partial charge in [-0.25, -0.2) is 4.98 Å². The lowest BCUT2D eigenvalue weighted by atomic mass is 10.1. The number of hydrogen-bond donors (Lipinski definition) is 1. The van der Waals surface area contributed by atoms with Gasteiger partial charge in [-0.15, -0.1) is 11.3 Å². The molecular formula is C19H18N2OS. The molecule has 1 heterocycles. The number of rotatable bonds is 5. The zero-order valence-corrected chi connectivity index (χ0v) is 13.8. The van der Waals surface area contributed by atoms with E-state index in [2.05, 4.69) is 47.1 Å². The zero-order chi connectivity index (χ0) is 16.1. The number of aromatic nitrogens is 1. The quantitative estimate of drug-likeness (QED) is 0.770. The van der Waals surface area contributed by atoms with Crippen molar-refractivity contribution in [2.24, 2.45) is 0 Å². The van der Waals surface area contributed by atoms with Gasteiger partial charge in [-0.2, -0.15) is 0 Å². The maximum absolute atomic E-state index is 10.9. The van der Waals surface area contributed by atoms with Crippen molar-refractivity contribution < 1.29 is 4.79 Å². The Bertz CT molecular complexity index is 779. The van der Waals surface area contributed by atoms with E-state index in [1.807, 2.05) is 18.2 Å². The van der Waals surface area contributed by atoms with Gasteiger partial charge < -0.3 is 5.32 Å². The van der Waals surface area contributed by atoms with Crippen molar-refractivity contribution in [2.45, 2.75) is 19.9 Å². The minimum Gasteiger partial charge on any atom is -0.352 e. The number of carbonyl (C=O) groups is 1. The summed E-state index contributed by atoms with van der Waals surface area (Å²) in [5.74, 6) is -0.0147. The molecule has 0 bridgehead atoms. The van der Waals surface area contributed by atoms with E-state index in [9.17, 15) is 4.79 Å². The zero-order valence-electron chi connectivity index (χ0n) is 13.0. The first-order chi connectivity index (χ1) is 11.2. The van der Waals surface area contributed by atoms with Gasteiger partial charge in [-0.05, 0) is 11.1 Å². The predicted octanol–water partition coefficient (Wildman–Crippen LogP) is 4.04. The molecule has 0 saturated carbocycles. The standard InChI is InChI=1S/C19H18N2OS/c1-14(22)20-12-16-7-9-17(10-8-16)18-13-23-19(21-18)11-15-5-3-2-4-6-15/h2-10,13H,11-12H2,1H3,(H,20,22). The van der Waals surface area contributed by atoms with Crippen molar-refractivity contribution in [1.29, 1.82) is 0 Å². The fourth-order valence-corrected chi connectivity index (χ4v) is 3.15. The molecular weight excluding hydrogens is 304 g/mol. The molecule has 0 radical (unpaired) electrons. The molecule has 0 atom stereocenters. The summed E-state index contributed by atoms with van der Waals surface area (Å²) in [5, 5.41) is 6.02. The number of nitrogens with one attached hydrogen (secondary N) is 1. The Balaban J connectivity index is 1.69. The van der Waals surface area contributed by atoms with Gasteiger partial charge in [-0.1, -0.05) is 54.6 Å². The van der Waals surface area contributed by atoms with Crippen LogP contribution in [0, 0.1) is 0 Å². The highest BCUT2D eigenvalue weighted by Gasteiger charge is 2.06. The van der Waals surface area contributed by atoms with Crippen LogP contribution in [-0.4, -0.2) is 10.9 Å². The van der Waals surface area contributed by atoms with Gasteiger partial charge in [0.05, 0.1) is 10.7 Å². The van der Waals surface area contributed by atoms with Crippen molar-refractivity contribution >= 4 is 17.2 Å².